The fourth-order valence-corrected chi connectivity index (χ4v) is 2.89. The normalized spacial score (nSPS) is 16.7. The minimum Gasteiger partial charge on any atom is -0.381 e. The summed E-state index contributed by atoms with van der Waals surface area (Å²) in [5.41, 5.74) is 0.128. The molecular weight excluding hydrogens is 299 g/mol. The van der Waals surface area contributed by atoms with Crippen LogP contribution in [0.2, 0.25) is 0 Å². The maximum absolute atomic E-state index is 13.8. The van der Waals surface area contributed by atoms with Gasteiger partial charge >= 0.3 is 0 Å². The fourth-order valence-electron chi connectivity index (χ4n) is 2.19. The summed E-state index contributed by atoms with van der Waals surface area (Å²) in [6.07, 6.45) is 1.38. The number of carbonyl (C=O) groups excluding carboxylic acids is 1. The minimum atomic E-state index is -4.22. The minimum absolute atomic E-state index is 0.0328. The number of benzene rings is 1. The van der Waals surface area contributed by atoms with Gasteiger partial charge in [-0.3, -0.25) is 4.79 Å². The van der Waals surface area contributed by atoms with Crippen molar-refractivity contribution in [2.24, 2.45) is 5.14 Å². The fraction of sp³-hybridized carbons (Fsp3) is 0.462. The molecule has 0 bridgehead atoms. The molecule has 116 valence electrons. The summed E-state index contributed by atoms with van der Waals surface area (Å²) in [5.74, 6) is -1.38. The number of hydrogen-bond acceptors (Lipinski definition) is 4. The zero-order valence-corrected chi connectivity index (χ0v) is 12.4. The number of ether oxygens (including phenoxy) is 1. The quantitative estimate of drug-likeness (QED) is 0.857. The van der Waals surface area contributed by atoms with Gasteiger partial charge in [-0.05, 0) is 37.5 Å². The van der Waals surface area contributed by atoms with Gasteiger partial charge in [-0.2, -0.15) is 0 Å². The van der Waals surface area contributed by atoms with Gasteiger partial charge in [0.2, 0.25) is 10.0 Å². The topological polar surface area (TPSA) is 98.5 Å². The van der Waals surface area contributed by atoms with Crippen molar-refractivity contribution >= 4 is 15.9 Å². The van der Waals surface area contributed by atoms with Gasteiger partial charge in [0.15, 0.2) is 0 Å². The molecule has 0 saturated carbocycles. The molecular formula is C13H17FN2O4S. The second-order valence-electron chi connectivity index (χ2n) is 5.01. The van der Waals surface area contributed by atoms with Crippen LogP contribution in [0.5, 0.6) is 0 Å². The van der Waals surface area contributed by atoms with E-state index in [1.807, 2.05) is 0 Å². The molecule has 0 spiro atoms. The summed E-state index contributed by atoms with van der Waals surface area (Å²) in [4.78, 5) is 11.5. The predicted molar refractivity (Wildman–Crippen MR) is 73.8 cm³/mol. The number of halogens is 1. The monoisotopic (exact) mass is 316 g/mol. The Morgan fingerprint density at radius 3 is 2.57 bits per heavy atom. The molecule has 1 fully saturated rings. The maximum Gasteiger partial charge on any atom is 0.251 e. The molecule has 6 nitrogen and oxygen atoms in total. The highest BCUT2D eigenvalue weighted by Crippen LogP contribution is 2.19. The Labute approximate surface area is 122 Å². The van der Waals surface area contributed by atoms with Crippen molar-refractivity contribution in [2.45, 2.75) is 30.7 Å². The Bertz CT molecular complexity index is 654. The van der Waals surface area contributed by atoms with Crippen molar-refractivity contribution in [1.82, 2.24) is 5.32 Å². The first kappa shape index (κ1) is 15.9. The zero-order chi connectivity index (χ0) is 15.6. The first-order valence-corrected chi connectivity index (χ1v) is 8.05. The Kier molecular flexibility index (Phi) is 4.60. The number of nitrogens with one attached hydrogen (secondary N) is 1. The van der Waals surface area contributed by atoms with Crippen LogP contribution < -0.4 is 10.5 Å². The molecule has 1 aromatic rings. The SMILES string of the molecule is Cc1cc(C(=O)NC2CCOCC2)cc(S(N)(=O)=O)c1F. The molecule has 1 saturated heterocycles. The molecule has 0 aliphatic carbocycles. The van der Waals surface area contributed by atoms with E-state index in [9.17, 15) is 17.6 Å². The highest BCUT2D eigenvalue weighted by molar-refractivity contribution is 7.89. The molecule has 2 rings (SSSR count). The first-order chi connectivity index (χ1) is 9.79. The second kappa shape index (κ2) is 6.08. The van der Waals surface area contributed by atoms with Crippen molar-refractivity contribution in [1.29, 1.82) is 0 Å². The molecule has 1 heterocycles. The van der Waals surface area contributed by atoms with Gasteiger partial charge in [-0.1, -0.05) is 0 Å². The molecule has 0 unspecified atom stereocenters. The summed E-state index contributed by atoms with van der Waals surface area (Å²) in [6, 6.07) is 2.24. The van der Waals surface area contributed by atoms with Crippen LogP contribution >= 0.6 is 0 Å². The Morgan fingerprint density at radius 2 is 2.00 bits per heavy atom. The Morgan fingerprint density at radius 1 is 1.38 bits per heavy atom. The van der Waals surface area contributed by atoms with Crippen LogP contribution in [0.3, 0.4) is 0 Å². The van der Waals surface area contributed by atoms with E-state index in [4.69, 9.17) is 9.88 Å². The number of nitrogens with two attached hydrogens (primary N) is 1. The highest BCUT2D eigenvalue weighted by atomic mass is 32.2. The molecule has 1 aliphatic rings. The summed E-state index contributed by atoms with van der Waals surface area (Å²) >= 11 is 0. The van der Waals surface area contributed by atoms with E-state index in [2.05, 4.69) is 5.32 Å². The van der Waals surface area contributed by atoms with Gasteiger partial charge in [0.1, 0.15) is 10.7 Å². The summed E-state index contributed by atoms with van der Waals surface area (Å²) < 4.78 is 41.7. The summed E-state index contributed by atoms with van der Waals surface area (Å²) in [5, 5.41) is 7.75. The van der Waals surface area contributed by atoms with Gasteiger partial charge in [0.25, 0.3) is 5.91 Å². The van der Waals surface area contributed by atoms with E-state index in [1.165, 1.54) is 13.0 Å². The predicted octanol–water partition coefficient (Wildman–Crippen LogP) is 0.690. The largest absolute Gasteiger partial charge is 0.381 e. The van der Waals surface area contributed by atoms with Gasteiger partial charge in [-0.15, -0.1) is 0 Å². The third kappa shape index (κ3) is 3.78. The Balaban J connectivity index is 2.27. The van der Waals surface area contributed by atoms with Crippen molar-refractivity contribution < 1.29 is 22.3 Å². The highest BCUT2D eigenvalue weighted by Gasteiger charge is 2.22. The number of carbonyl (C=O) groups is 1. The molecule has 1 aromatic carbocycles. The second-order valence-corrected chi connectivity index (χ2v) is 6.54. The lowest BCUT2D eigenvalue weighted by molar-refractivity contribution is 0.0696. The number of hydrogen-bond donors (Lipinski definition) is 2. The van der Waals surface area contributed by atoms with Gasteiger partial charge in [-0.25, -0.2) is 17.9 Å². The van der Waals surface area contributed by atoms with Gasteiger partial charge < -0.3 is 10.1 Å². The van der Waals surface area contributed by atoms with Crippen molar-refractivity contribution in [3.8, 4) is 0 Å². The van der Waals surface area contributed by atoms with Gasteiger partial charge in [0, 0.05) is 24.8 Å². The maximum atomic E-state index is 13.8. The van der Waals surface area contributed by atoms with E-state index < -0.39 is 26.6 Å². The number of amides is 1. The van der Waals surface area contributed by atoms with E-state index >= 15 is 0 Å². The molecule has 8 heteroatoms. The third-order valence-electron chi connectivity index (χ3n) is 3.35. The number of rotatable bonds is 3. The van der Waals surface area contributed by atoms with Crippen molar-refractivity contribution in [2.75, 3.05) is 13.2 Å². The van der Waals surface area contributed by atoms with E-state index in [-0.39, 0.29) is 17.2 Å². The van der Waals surface area contributed by atoms with Crippen LogP contribution in [0.15, 0.2) is 17.0 Å². The van der Waals surface area contributed by atoms with E-state index in [1.54, 1.807) is 0 Å². The Hall–Kier alpha value is -1.51. The smallest absolute Gasteiger partial charge is 0.251 e. The lowest BCUT2D eigenvalue weighted by Gasteiger charge is -2.23. The molecule has 0 atom stereocenters. The van der Waals surface area contributed by atoms with Crippen LogP contribution in [-0.4, -0.2) is 33.6 Å². The van der Waals surface area contributed by atoms with E-state index in [0.717, 1.165) is 6.07 Å². The lowest BCUT2D eigenvalue weighted by atomic mass is 10.1. The number of aryl methyl sites for hydroxylation is 1. The van der Waals surface area contributed by atoms with Crippen LogP contribution in [0, 0.1) is 12.7 Å². The molecule has 0 radical (unpaired) electrons. The molecule has 3 N–H and O–H groups in total. The van der Waals surface area contributed by atoms with Crippen LogP contribution in [0.1, 0.15) is 28.8 Å². The average molecular weight is 316 g/mol. The van der Waals surface area contributed by atoms with Crippen LogP contribution in [0.25, 0.3) is 0 Å². The average Bonchev–Trinajstić information content (AvgIpc) is 2.41. The third-order valence-corrected chi connectivity index (χ3v) is 4.26. The molecule has 21 heavy (non-hydrogen) atoms. The summed E-state index contributed by atoms with van der Waals surface area (Å²) in [6.45, 7) is 2.51. The van der Waals surface area contributed by atoms with E-state index in [0.29, 0.717) is 26.1 Å². The standard InChI is InChI=1S/C13H17FN2O4S/c1-8-6-9(7-11(12(8)14)21(15,18)19)13(17)16-10-2-4-20-5-3-10/h6-7,10H,2-5H2,1H3,(H,16,17)(H2,15,18,19). The van der Waals surface area contributed by atoms with Crippen molar-refractivity contribution in [3.05, 3.63) is 29.1 Å². The number of primary sulfonamides is 1. The number of sulfonamides is 1. The van der Waals surface area contributed by atoms with Crippen LogP contribution in [0.4, 0.5) is 4.39 Å². The van der Waals surface area contributed by atoms with Crippen molar-refractivity contribution in [3.63, 3.8) is 0 Å². The van der Waals surface area contributed by atoms with Crippen LogP contribution in [-0.2, 0) is 14.8 Å². The molecule has 0 aromatic heterocycles. The van der Waals surface area contributed by atoms with Gasteiger partial charge in [0.05, 0.1) is 0 Å². The molecule has 1 amide bonds. The zero-order valence-electron chi connectivity index (χ0n) is 11.6. The first-order valence-electron chi connectivity index (χ1n) is 6.50. The lowest BCUT2D eigenvalue weighted by Crippen LogP contribution is -2.39. The summed E-state index contributed by atoms with van der Waals surface area (Å²) in [7, 11) is -4.22. The molecule has 1 aliphatic heterocycles.